The molecule has 0 saturated carbocycles. The van der Waals surface area contributed by atoms with Gasteiger partial charge in [0.2, 0.25) is 0 Å². The van der Waals surface area contributed by atoms with Crippen molar-refractivity contribution in [3.63, 3.8) is 0 Å². The summed E-state index contributed by atoms with van der Waals surface area (Å²) in [5.74, 6) is 0.707. The van der Waals surface area contributed by atoms with Gasteiger partial charge in [-0.1, -0.05) is 60.5 Å². The molecule has 0 aromatic heterocycles. The molecule has 2 aromatic carbocycles. The van der Waals surface area contributed by atoms with Crippen LogP contribution in [0.1, 0.15) is 47.1 Å². The van der Waals surface area contributed by atoms with Crippen LogP contribution in [0.5, 0.6) is 0 Å². The first-order chi connectivity index (χ1) is 11.5. The minimum absolute atomic E-state index is 0.277. The van der Waals surface area contributed by atoms with Crippen LogP contribution in [0.2, 0.25) is 0 Å². The monoisotopic (exact) mass is 321 g/mol. The number of aryl methyl sites for hydroxylation is 2. The first kappa shape index (κ1) is 15.9. The van der Waals surface area contributed by atoms with Gasteiger partial charge in [0.05, 0.1) is 0 Å². The van der Waals surface area contributed by atoms with Crippen LogP contribution in [0, 0.1) is 19.8 Å². The Kier molecular flexibility index (Phi) is 3.78. The summed E-state index contributed by atoms with van der Waals surface area (Å²) in [5.41, 5.74) is 5.15. The first-order valence-electron chi connectivity index (χ1n) is 9.17. The molecular weight excluding hydrogens is 294 g/mol. The molecule has 0 radical (unpaired) electrons. The third-order valence-electron chi connectivity index (χ3n) is 6.16. The Morgan fingerprint density at radius 3 is 2.67 bits per heavy atom. The summed E-state index contributed by atoms with van der Waals surface area (Å²) in [6.45, 7) is 9.70. The van der Waals surface area contributed by atoms with Gasteiger partial charge in [0.1, 0.15) is 5.60 Å². The number of aliphatic hydroxyl groups is 1. The Bertz CT molecular complexity index is 768. The van der Waals surface area contributed by atoms with Crippen molar-refractivity contribution < 1.29 is 5.11 Å². The van der Waals surface area contributed by atoms with Gasteiger partial charge in [0, 0.05) is 18.4 Å². The first-order valence-corrected chi connectivity index (χ1v) is 9.17. The second-order valence-corrected chi connectivity index (χ2v) is 7.62. The molecule has 1 fully saturated rings. The lowest BCUT2D eigenvalue weighted by molar-refractivity contribution is -0.00745. The van der Waals surface area contributed by atoms with E-state index in [1.165, 1.54) is 16.7 Å². The van der Waals surface area contributed by atoms with Crippen molar-refractivity contribution in [2.75, 3.05) is 19.6 Å². The summed E-state index contributed by atoms with van der Waals surface area (Å²) in [4.78, 5) is 2.52. The molecule has 126 valence electrons. The Labute approximate surface area is 145 Å². The van der Waals surface area contributed by atoms with Crippen molar-refractivity contribution >= 4 is 0 Å². The highest BCUT2D eigenvalue weighted by molar-refractivity contribution is 5.51. The summed E-state index contributed by atoms with van der Waals surface area (Å²) < 4.78 is 0. The minimum Gasteiger partial charge on any atom is -0.380 e. The Morgan fingerprint density at radius 1 is 1.12 bits per heavy atom. The van der Waals surface area contributed by atoms with Crippen molar-refractivity contribution in [2.24, 2.45) is 5.92 Å². The molecule has 2 aliphatic rings. The molecule has 1 aliphatic carbocycles. The summed E-state index contributed by atoms with van der Waals surface area (Å²) in [6.07, 6.45) is 1.05. The van der Waals surface area contributed by atoms with Gasteiger partial charge in [-0.05, 0) is 50.0 Å². The summed E-state index contributed by atoms with van der Waals surface area (Å²) >= 11 is 0. The third kappa shape index (κ3) is 2.24. The van der Waals surface area contributed by atoms with Crippen LogP contribution in [0.25, 0.3) is 0 Å². The van der Waals surface area contributed by atoms with E-state index >= 15 is 0 Å². The summed E-state index contributed by atoms with van der Waals surface area (Å²) in [6, 6.07) is 15.1. The Balaban J connectivity index is 1.89. The molecule has 4 rings (SSSR count). The van der Waals surface area contributed by atoms with Crippen LogP contribution in [0.4, 0.5) is 0 Å². The molecular formula is C22H27NO. The normalized spacial score (nSPS) is 29.3. The quantitative estimate of drug-likeness (QED) is 0.904. The van der Waals surface area contributed by atoms with Crippen LogP contribution in [0.15, 0.2) is 42.5 Å². The van der Waals surface area contributed by atoms with Crippen molar-refractivity contribution in [3.05, 3.63) is 70.3 Å². The average Bonchev–Trinajstić information content (AvgIpc) is 2.84. The maximum atomic E-state index is 12.0. The zero-order valence-electron chi connectivity index (χ0n) is 14.9. The molecule has 2 heteroatoms. The largest absolute Gasteiger partial charge is 0.380 e. The molecule has 2 nitrogen and oxygen atoms in total. The number of fused-ring (bicyclic) bond motifs is 3. The second kappa shape index (κ2) is 5.72. The zero-order valence-corrected chi connectivity index (χ0v) is 14.9. The van der Waals surface area contributed by atoms with E-state index < -0.39 is 5.60 Å². The summed E-state index contributed by atoms with van der Waals surface area (Å²) in [7, 11) is 0. The Morgan fingerprint density at radius 2 is 1.92 bits per heavy atom. The van der Waals surface area contributed by atoms with E-state index in [4.69, 9.17) is 0 Å². The third-order valence-corrected chi connectivity index (χ3v) is 6.16. The highest BCUT2D eigenvalue weighted by Gasteiger charge is 2.53. The van der Waals surface area contributed by atoms with Crippen molar-refractivity contribution in [1.82, 2.24) is 4.90 Å². The van der Waals surface area contributed by atoms with E-state index in [-0.39, 0.29) is 5.92 Å². The fraction of sp³-hybridized carbons (Fsp3) is 0.455. The maximum Gasteiger partial charge on any atom is 0.118 e. The Hall–Kier alpha value is -1.64. The highest BCUT2D eigenvalue weighted by Crippen LogP contribution is 2.55. The molecule has 24 heavy (non-hydrogen) atoms. The topological polar surface area (TPSA) is 23.5 Å². The predicted molar refractivity (Wildman–Crippen MR) is 98.3 cm³/mol. The smallest absolute Gasteiger partial charge is 0.118 e. The molecule has 1 unspecified atom stereocenters. The lowest BCUT2D eigenvalue weighted by Gasteiger charge is -2.40. The SMILES string of the molecule is CCN1CC[C@@H]2[C@H](C1)c1ccc(C)cc1C2(O)c1cccc(C)c1. The van der Waals surface area contributed by atoms with Crippen LogP contribution in [-0.4, -0.2) is 29.6 Å². The lowest BCUT2D eigenvalue weighted by Crippen LogP contribution is -2.44. The molecule has 1 aliphatic heterocycles. The number of hydrogen-bond acceptors (Lipinski definition) is 2. The number of hydrogen-bond donors (Lipinski definition) is 1. The maximum absolute atomic E-state index is 12.0. The van der Waals surface area contributed by atoms with Gasteiger partial charge in [-0.2, -0.15) is 0 Å². The van der Waals surface area contributed by atoms with Crippen molar-refractivity contribution in [3.8, 4) is 0 Å². The van der Waals surface area contributed by atoms with Gasteiger partial charge >= 0.3 is 0 Å². The van der Waals surface area contributed by atoms with Gasteiger partial charge in [0.15, 0.2) is 0 Å². The van der Waals surface area contributed by atoms with Crippen LogP contribution < -0.4 is 0 Å². The van der Waals surface area contributed by atoms with Gasteiger partial charge < -0.3 is 10.0 Å². The molecule has 0 amide bonds. The van der Waals surface area contributed by atoms with Gasteiger partial charge in [-0.3, -0.25) is 0 Å². The van der Waals surface area contributed by atoms with Crippen LogP contribution in [0.3, 0.4) is 0 Å². The van der Waals surface area contributed by atoms with Gasteiger partial charge in [-0.15, -0.1) is 0 Å². The van der Waals surface area contributed by atoms with Crippen molar-refractivity contribution in [2.45, 2.75) is 38.7 Å². The highest BCUT2D eigenvalue weighted by atomic mass is 16.3. The summed E-state index contributed by atoms with van der Waals surface area (Å²) in [5, 5.41) is 12.0. The number of piperidine rings is 1. The molecule has 1 saturated heterocycles. The fourth-order valence-corrected chi connectivity index (χ4v) is 4.90. The molecule has 0 spiro atoms. The van der Waals surface area contributed by atoms with Crippen LogP contribution >= 0.6 is 0 Å². The van der Waals surface area contributed by atoms with E-state index in [1.54, 1.807) is 0 Å². The second-order valence-electron chi connectivity index (χ2n) is 7.62. The van der Waals surface area contributed by atoms with Gasteiger partial charge in [0.25, 0.3) is 0 Å². The number of likely N-dealkylation sites (N-methyl/N-ethyl adjacent to an activating group) is 1. The zero-order chi connectivity index (χ0) is 16.9. The van der Waals surface area contributed by atoms with E-state index in [2.05, 4.69) is 68.1 Å². The number of rotatable bonds is 2. The predicted octanol–water partition coefficient (Wildman–Crippen LogP) is 3.98. The number of likely N-dealkylation sites (tertiary alicyclic amines) is 1. The number of nitrogens with zero attached hydrogens (tertiary/aromatic N) is 1. The van der Waals surface area contributed by atoms with Gasteiger partial charge in [-0.25, -0.2) is 0 Å². The fourth-order valence-electron chi connectivity index (χ4n) is 4.90. The molecule has 0 bridgehead atoms. The molecule has 1 N–H and O–H groups in total. The molecule has 2 aromatic rings. The lowest BCUT2D eigenvalue weighted by atomic mass is 9.74. The van der Waals surface area contributed by atoms with E-state index in [0.717, 1.165) is 37.2 Å². The van der Waals surface area contributed by atoms with E-state index in [1.807, 2.05) is 0 Å². The molecule has 1 heterocycles. The van der Waals surface area contributed by atoms with E-state index in [0.29, 0.717) is 5.92 Å². The van der Waals surface area contributed by atoms with E-state index in [9.17, 15) is 5.11 Å². The standard InChI is InChI=1S/C22H27NO/c1-4-23-11-10-20-19(14-23)18-9-8-16(3)13-21(18)22(20,24)17-7-5-6-15(2)12-17/h5-9,12-13,19-20,24H,4,10-11,14H2,1-3H3/t19-,20-,22?/m1/s1. The van der Waals surface area contributed by atoms with Crippen LogP contribution in [-0.2, 0) is 5.60 Å². The minimum atomic E-state index is -0.849. The van der Waals surface area contributed by atoms with Crippen molar-refractivity contribution in [1.29, 1.82) is 0 Å². The number of benzene rings is 2. The molecule has 3 atom stereocenters. The average molecular weight is 321 g/mol.